The Bertz CT molecular complexity index is 457. The van der Waals surface area contributed by atoms with E-state index >= 15 is 0 Å². The van der Waals surface area contributed by atoms with Gasteiger partial charge in [0.1, 0.15) is 5.75 Å². The maximum atomic E-state index is 12.4. The highest BCUT2D eigenvalue weighted by Gasteiger charge is 2.21. The molecule has 1 aliphatic rings. The molecule has 2 rings (SSSR count). The quantitative estimate of drug-likeness (QED) is 0.810. The van der Waals surface area contributed by atoms with Crippen LogP contribution in [0.5, 0.6) is 5.75 Å². The van der Waals surface area contributed by atoms with E-state index < -0.39 is 0 Å². The van der Waals surface area contributed by atoms with Crippen molar-refractivity contribution >= 4 is 5.91 Å². The van der Waals surface area contributed by atoms with Crippen molar-refractivity contribution in [2.24, 2.45) is 5.73 Å². The molecule has 1 aromatic rings. The zero-order valence-corrected chi connectivity index (χ0v) is 12.6. The molecule has 5 heteroatoms. The van der Waals surface area contributed by atoms with Gasteiger partial charge in [-0.25, -0.2) is 0 Å². The van der Waals surface area contributed by atoms with Crippen molar-refractivity contribution in [2.75, 3.05) is 33.4 Å². The molecule has 0 atom stereocenters. The average molecular weight is 292 g/mol. The number of benzene rings is 1. The first kappa shape index (κ1) is 15.8. The van der Waals surface area contributed by atoms with Gasteiger partial charge in [0, 0.05) is 44.8 Å². The Balaban J connectivity index is 1.91. The van der Waals surface area contributed by atoms with Crippen LogP contribution in [0.15, 0.2) is 24.3 Å². The van der Waals surface area contributed by atoms with Gasteiger partial charge in [0.2, 0.25) is 0 Å². The molecule has 0 bridgehead atoms. The van der Waals surface area contributed by atoms with Crippen LogP contribution in [0, 0.1) is 0 Å². The van der Waals surface area contributed by atoms with Crippen LogP contribution in [0.4, 0.5) is 0 Å². The summed E-state index contributed by atoms with van der Waals surface area (Å²) in [6.45, 7) is 2.73. The van der Waals surface area contributed by atoms with Crippen molar-refractivity contribution in [1.29, 1.82) is 0 Å². The Kier molecular flexibility index (Phi) is 6.02. The van der Waals surface area contributed by atoms with Crippen molar-refractivity contribution in [3.05, 3.63) is 29.8 Å². The van der Waals surface area contributed by atoms with Crippen LogP contribution in [-0.2, 0) is 4.74 Å². The SMILES string of the molecule is COCCCOc1cccc(C(=O)N2CCC(N)CC2)c1. The second-order valence-electron chi connectivity index (χ2n) is 5.35. The molecule has 1 saturated heterocycles. The lowest BCUT2D eigenvalue weighted by Gasteiger charge is -2.30. The van der Waals surface area contributed by atoms with E-state index in [0.717, 1.165) is 38.1 Å². The number of carbonyl (C=O) groups is 1. The van der Waals surface area contributed by atoms with E-state index in [1.807, 2.05) is 29.2 Å². The highest BCUT2D eigenvalue weighted by Crippen LogP contribution is 2.17. The monoisotopic (exact) mass is 292 g/mol. The van der Waals surface area contributed by atoms with Gasteiger partial charge in [-0.2, -0.15) is 0 Å². The van der Waals surface area contributed by atoms with Gasteiger partial charge in [0.05, 0.1) is 6.61 Å². The summed E-state index contributed by atoms with van der Waals surface area (Å²) in [7, 11) is 1.67. The third-order valence-electron chi connectivity index (χ3n) is 3.67. The van der Waals surface area contributed by atoms with Crippen LogP contribution in [-0.4, -0.2) is 50.3 Å². The smallest absolute Gasteiger partial charge is 0.253 e. The summed E-state index contributed by atoms with van der Waals surface area (Å²) in [5.41, 5.74) is 6.55. The Hall–Kier alpha value is -1.59. The fourth-order valence-electron chi connectivity index (χ4n) is 2.40. The minimum Gasteiger partial charge on any atom is -0.493 e. The van der Waals surface area contributed by atoms with Gasteiger partial charge in [-0.15, -0.1) is 0 Å². The number of ether oxygens (including phenoxy) is 2. The first-order valence-corrected chi connectivity index (χ1v) is 7.47. The molecule has 116 valence electrons. The van der Waals surface area contributed by atoms with Crippen molar-refractivity contribution in [3.8, 4) is 5.75 Å². The number of hydrogen-bond donors (Lipinski definition) is 1. The summed E-state index contributed by atoms with van der Waals surface area (Å²) in [6.07, 6.45) is 2.58. The lowest BCUT2D eigenvalue weighted by Crippen LogP contribution is -2.42. The summed E-state index contributed by atoms with van der Waals surface area (Å²) in [4.78, 5) is 14.3. The number of likely N-dealkylation sites (tertiary alicyclic amines) is 1. The second-order valence-corrected chi connectivity index (χ2v) is 5.35. The highest BCUT2D eigenvalue weighted by molar-refractivity contribution is 5.94. The zero-order chi connectivity index (χ0) is 15.1. The lowest BCUT2D eigenvalue weighted by molar-refractivity contribution is 0.0714. The molecule has 5 nitrogen and oxygen atoms in total. The first-order chi connectivity index (χ1) is 10.2. The van der Waals surface area contributed by atoms with Crippen molar-refractivity contribution < 1.29 is 14.3 Å². The third-order valence-corrected chi connectivity index (χ3v) is 3.67. The number of amides is 1. The van der Waals surface area contributed by atoms with Crippen molar-refractivity contribution in [1.82, 2.24) is 4.90 Å². The zero-order valence-electron chi connectivity index (χ0n) is 12.6. The first-order valence-electron chi connectivity index (χ1n) is 7.47. The number of nitrogens with two attached hydrogens (primary N) is 1. The Morgan fingerprint density at radius 2 is 2.10 bits per heavy atom. The predicted octanol–water partition coefficient (Wildman–Crippen LogP) is 1.67. The molecule has 1 heterocycles. The topological polar surface area (TPSA) is 64.8 Å². The molecule has 0 aliphatic carbocycles. The van der Waals surface area contributed by atoms with Crippen LogP contribution in [0.3, 0.4) is 0 Å². The molecule has 21 heavy (non-hydrogen) atoms. The van der Waals surface area contributed by atoms with Crippen LogP contribution < -0.4 is 10.5 Å². The van der Waals surface area contributed by atoms with Gasteiger partial charge in [0.15, 0.2) is 0 Å². The molecular formula is C16H24N2O3. The molecule has 0 radical (unpaired) electrons. The molecule has 1 amide bonds. The molecule has 0 aromatic heterocycles. The van der Waals surface area contributed by atoms with Gasteiger partial charge in [-0.05, 0) is 31.0 Å². The van der Waals surface area contributed by atoms with Crippen LogP contribution >= 0.6 is 0 Å². The van der Waals surface area contributed by atoms with Crippen LogP contribution in [0.2, 0.25) is 0 Å². The molecule has 1 aromatic carbocycles. The van der Waals surface area contributed by atoms with Crippen LogP contribution in [0.25, 0.3) is 0 Å². The van der Waals surface area contributed by atoms with Gasteiger partial charge in [-0.1, -0.05) is 6.07 Å². The molecule has 0 saturated carbocycles. The van der Waals surface area contributed by atoms with E-state index in [1.165, 1.54) is 0 Å². The molecule has 0 unspecified atom stereocenters. The number of piperidine rings is 1. The number of rotatable bonds is 6. The summed E-state index contributed by atoms with van der Waals surface area (Å²) in [5.74, 6) is 0.787. The van der Waals surface area contributed by atoms with Gasteiger partial charge in [-0.3, -0.25) is 4.79 Å². The molecule has 0 spiro atoms. The number of methoxy groups -OCH3 is 1. The Morgan fingerprint density at radius 1 is 1.33 bits per heavy atom. The summed E-state index contributed by atoms with van der Waals surface area (Å²) in [6, 6.07) is 7.59. The third kappa shape index (κ3) is 4.72. The van der Waals surface area contributed by atoms with Crippen LogP contribution in [0.1, 0.15) is 29.6 Å². The summed E-state index contributed by atoms with van der Waals surface area (Å²) in [5, 5.41) is 0. The van der Waals surface area contributed by atoms with E-state index in [9.17, 15) is 4.79 Å². The van der Waals surface area contributed by atoms with Gasteiger partial charge in [0.25, 0.3) is 5.91 Å². The van der Waals surface area contributed by atoms with Gasteiger partial charge >= 0.3 is 0 Å². The number of nitrogens with zero attached hydrogens (tertiary/aromatic N) is 1. The van der Waals surface area contributed by atoms with E-state index in [0.29, 0.717) is 18.8 Å². The molecule has 1 aliphatic heterocycles. The minimum atomic E-state index is 0.0595. The Labute approximate surface area is 126 Å². The lowest BCUT2D eigenvalue weighted by atomic mass is 10.0. The molecule has 2 N–H and O–H groups in total. The number of hydrogen-bond acceptors (Lipinski definition) is 4. The fraction of sp³-hybridized carbons (Fsp3) is 0.562. The fourth-order valence-corrected chi connectivity index (χ4v) is 2.40. The van der Waals surface area contributed by atoms with Crippen molar-refractivity contribution in [2.45, 2.75) is 25.3 Å². The highest BCUT2D eigenvalue weighted by atomic mass is 16.5. The maximum Gasteiger partial charge on any atom is 0.253 e. The standard InChI is InChI=1S/C16H24N2O3/c1-20-10-3-11-21-15-5-2-4-13(12-15)16(19)18-8-6-14(17)7-9-18/h2,4-5,12,14H,3,6-11,17H2,1H3. The predicted molar refractivity (Wildman–Crippen MR) is 81.5 cm³/mol. The molecule has 1 fully saturated rings. The second kappa shape index (κ2) is 8.00. The van der Waals surface area contributed by atoms with Gasteiger partial charge < -0.3 is 20.1 Å². The normalized spacial score (nSPS) is 16.0. The number of carbonyl (C=O) groups excluding carboxylic acids is 1. The van der Waals surface area contributed by atoms with E-state index in [1.54, 1.807) is 7.11 Å². The summed E-state index contributed by atoms with van der Waals surface area (Å²) < 4.78 is 10.6. The van der Waals surface area contributed by atoms with E-state index in [4.69, 9.17) is 15.2 Å². The average Bonchev–Trinajstić information content (AvgIpc) is 2.52. The van der Waals surface area contributed by atoms with E-state index in [2.05, 4.69) is 0 Å². The van der Waals surface area contributed by atoms with Crippen molar-refractivity contribution in [3.63, 3.8) is 0 Å². The molecular weight excluding hydrogens is 268 g/mol. The Morgan fingerprint density at radius 3 is 2.81 bits per heavy atom. The maximum absolute atomic E-state index is 12.4. The summed E-state index contributed by atoms with van der Waals surface area (Å²) >= 11 is 0. The largest absolute Gasteiger partial charge is 0.493 e. The van der Waals surface area contributed by atoms with E-state index in [-0.39, 0.29) is 11.9 Å². The minimum absolute atomic E-state index is 0.0595.